The van der Waals surface area contributed by atoms with Gasteiger partial charge in [0.15, 0.2) is 10.1 Å². The van der Waals surface area contributed by atoms with Gasteiger partial charge in [-0.15, -0.1) is 0 Å². The number of ether oxygens (including phenoxy) is 3. The van der Waals surface area contributed by atoms with Crippen molar-refractivity contribution >= 4 is 28.7 Å². The molecule has 0 saturated carbocycles. The summed E-state index contributed by atoms with van der Waals surface area (Å²) >= 11 is 2.06. The molecule has 3 unspecified atom stereocenters. The second kappa shape index (κ2) is 10.1. The SMILES string of the molecule is CC(OC1CCCCO1)c1nccn1C(CNC(=O)OC(C)(C)C)c1cc(I)on1. The van der Waals surface area contributed by atoms with E-state index in [1.54, 1.807) is 6.20 Å². The molecule has 1 amide bonds. The molecule has 1 aliphatic heterocycles. The van der Waals surface area contributed by atoms with E-state index < -0.39 is 11.7 Å². The molecule has 0 aromatic carbocycles. The molecule has 2 aromatic heterocycles. The molecule has 0 radical (unpaired) electrons. The first-order chi connectivity index (χ1) is 14.2. The highest BCUT2D eigenvalue weighted by Crippen LogP contribution is 2.27. The van der Waals surface area contributed by atoms with Crippen LogP contribution in [-0.4, -0.2) is 45.8 Å². The van der Waals surface area contributed by atoms with Crippen LogP contribution in [0.25, 0.3) is 0 Å². The molecule has 0 bridgehead atoms. The molecule has 9 nitrogen and oxygen atoms in total. The summed E-state index contributed by atoms with van der Waals surface area (Å²) in [6, 6.07) is 1.50. The quantitative estimate of drug-likeness (QED) is 0.534. The first kappa shape index (κ1) is 23.0. The van der Waals surface area contributed by atoms with E-state index in [4.69, 9.17) is 18.7 Å². The number of alkyl carbamates (subject to hydrolysis) is 1. The lowest BCUT2D eigenvalue weighted by Crippen LogP contribution is -2.36. The molecule has 3 heterocycles. The summed E-state index contributed by atoms with van der Waals surface area (Å²) in [5.41, 5.74) is 0.0987. The molecule has 0 spiro atoms. The average molecular weight is 532 g/mol. The van der Waals surface area contributed by atoms with E-state index in [1.807, 2.05) is 44.5 Å². The molecule has 30 heavy (non-hydrogen) atoms. The topological polar surface area (TPSA) is 101 Å². The highest BCUT2D eigenvalue weighted by Gasteiger charge is 2.27. The lowest BCUT2D eigenvalue weighted by atomic mass is 10.2. The second-order valence-electron chi connectivity index (χ2n) is 8.22. The number of halogens is 1. The summed E-state index contributed by atoms with van der Waals surface area (Å²) in [7, 11) is 0. The Morgan fingerprint density at radius 3 is 2.87 bits per heavy atom. The molecule has 166 valence electrons. The van der Waals surface area contributed by atoms with Crippen LogP contribution in [0.5, 0.6) is 0 Å². The monoisotopic (exact) mass is 532 g/mol. The van der Waals surface area contributed by atoms with Crippen molar-refractivity contribution in [1.82, 2.24) is 20.0 Å². The zero-order valence-corrected chi connectivity index (χ0v) is 19.9. The number of carbonyl (C=O) groups is 1. The van der Waals surface area contributed by atoms with E-state index >= 15 is 0 Å². The molecule has 3 atom stereocenters. The maximum absolute atomic E-state index is 12.2. The molecule has 1 N–H and O–H groups in total. The molecular weight excluding hydrogens is 503 g/mol. The lowest BCUT2D eigenvalue weighted by molar-refractivity contribution is -0.188. The van der Waals surface area contributed by atoms with Gasteiger partial charge in [-0.2, -0.15) is 0 Å². The van der Waals surface area contributed by atoms with Gasteiger partial charge in [0.05, 0.1) is 6.04 Å². The number of nitrogens with zero attached hydrogens (tertiary/aromatic N) is 3. The molecule has 0 aliphatic carbocycles. The van der Waals surface area contributed by atoms with Crippen LogP contribution >= 0.6 is 22.6 Å². The van der Waals surface area contributed by atoms with Crippen molar-refractivity contribution < 1.29 is 23.5 Å². The van der Waals surface area contributed by atoms with E-state index in [-0.39, 0.29) is 25.0 Å². The molecule has 3 rings (SSSR count). The third kappa shape index (κ3) is 6.42. The standard InChI is InChI=1S/C20H29IN4O5/c1-13(28-17-7-5-6-10-27-17)18-22-8-9-25(18)15(14-11-16(21)30-24-14)12-23-19(26)29-20(2,3)4/h8-9,11,13,15,17H,5-7,10,12H2,1-4H3,(H,23,26). The van der Waals surface area contributed by atoms with Crippen LogP contribution in [0.2, 0.25) is 0 Å². The van der Waals surface area contributed by atoms with Gasteiger partial charge in [0.25, 0.3) is 0 Å². The molecule has 1 saturated heterocycles. The van der Waals surface area contributed by atoms with Crippen molar-refractivity contribution in [3.05, 3.63) is 33.7 Å². The van der Waals surface area contributed by atoms with E-state index in [9.17, 15) is 4.79 Å². The van der Waals surface area contributed by atoms with Crippen LogP contribution in [0.3, 0.4) is 0 Å². The van der Waals surface area contributed by atoms with Crippen molar-refractivity contribution in [2.24, 2.45) is 0 Å². The summed E-state index contributed by atoms with van der Waals surface area (Å²) < 4.78 is 25.0. The zero-order chi connectivity index (χ0) is 21.7. The number of amides is 1. The molecule has 1 aliphatic rings. The highest BCUT2D eigenvalue weighted by atomic mass is 127. The van der Waals surface area contributed by atoms with Crippen molar-refractivity contribution in [2.75, 3.05) is 13.2 Å². The Labute approximate surface area is 190 Å². The van der Waals surface area contributed by atoms with Crippen LogP contribution in [0.15, 0.2) is 23.0 Å². The van der Waals surface area contributed by atoms with Crippen LogP contribution in [-0.2, 0) is 14.2 Å². The van der Waals surface area contributed by atoms with Crippen LogP contribution in [0.4, 0.5) is 4.79 Å². The first-order valence-corrected chi connectivity index (χ1v) is 11.2. The van der Waals surface area contributed by atoms with Crippen LogP contribution < -0.4 is 5.32 Å². The van der Waals surface area contributed by atoms with Gasteiger partial charge in [-0.05, 0) is 47.0 Å². The minimum Gasteiger partial charge on any atom is -0.444 e. The fraction of sp³-hybridized carbons (Fsp3) is 0.650. The average Bonchev–Trinajstić information content (AvgIpc) is 3.31. The minimum absolute atomic E-state index is 0.231. The van der Waals surface area contributed by atoms with Crippen molar-refractivity contribution in [3.63, 3.8) is 0 Å². The number of hydrogen-bond acceptors (Lipinski definition) is 7. The lowest BCUT2D eigenvalue weighted by Gasteiger charge is -2.27. The predicted molar refractivity (Wildman–Crippen MR) is 117 cm³/mol. The normalized spacial score (nSPS) is 19.3. The summed E-state index contributed by atoms with van der Waals surface area (Å²) in [5.74, 6) is 0.721. The fourth-order valence-corrected chi connectivity index (χ4v) is 3.69. The number of carbonyl (C=O) groups excluding carboxylic acids is 1. The molecule has 1 fully saturated rings. The summed E-state index contributed by atoms with van der Waals surface area (Å²) in [5, 5.41) is 6.98. The van der Waals surface area contributed by atoms with E-state index in [0.29, 0.717) is 16.1 Å². The fourth-order valence-electron chi connectivity index (χ4n) is 3.27. The molecule has 2 aromatic rings. The summed E-state index contributed by atoms with van der Waals surface area (Å²) in [4.78, 5) is 16.7. The van der Waals surface area contributed by atoms with Gasteiger partial charge in [0, 0.05) is 54.2 Å². The van der Waals surface area contributed by atoms with Crippen molar-refractivity contribution in [1.29, 1.82) is 0 Å². The van der Waals surface area contributed by atoms with Gasteiger partial charge in [-0.25, -0.2) is 9.78 Å². The number of rotatable bonds is 7. The van der Waals surface area contributed by atoms with E-state index in [0.717, 1.165) is 25.1 Å². The van der Waals surface area contributed by atoms with E-state index in [1.165, 1.54) is 0 Å². The van der Waals surface area contributed by atoms with E-state index in [2.05, 4.69) is 38.0 Å². The molecular formula is C20H29IN4O5. The smallest absolute Gasteiger partial charge is 0.407 e. The van der Waals surface area contributed by atoms with Gasteiger partial charge in [0.2, 0.25) is 0 Å². The van der Waals surface area contributed by atoms with Gasteiger partial charge in [-0.1, -0.05) is 5.16 Å². The summed E-state index contributed by atoms with van der Waals surface area (Å²) in [6.07, 6.45) is 5.56. The maximum atomic E-state index is 12.2. The molecule has 10 heteroatoms. The Kier molecular flexibility index (Phi) is 7.75. The van der Waals surface area contributed by atoms with Crippen molar-refractivity contribution in [2.45, 2.75) is 71.0 Å². The zero-order valence-electron chi connectivity index (χ0n) is 17.8. The van der Waals surface area contributed by atoms with Gasteiger partial charge < -0.3 is 28.6 Å². The van der Waals surface area contributed by atoms with Gasteiger partial charge in [0.1, 0.15) is 23.2 Å². The number of imidazole rings is 1. The Morgan fingerprint density at radius 1 is 1.43 bits per heavy atom. The predicted octanol–water partition coefficient (Wildman–Crippen LogP) is 4.19. The third-order valence-corrected chi connectivity index (χ3v) is 5.08. The second-order valence-corrected chi connectivity index (χ2v) is 9.28. The highest BCUT2D eigenvalue weighted by molar-refractivity contribution is 14.1. The van der Waals surface area contributed by atoms with Gasteiger partial charge in [-0.3, -0.25) is 0 Å². The summed E-state index contributed by atoms with van der Waals surface area (Å²) in [6.45, 7) is 8.39. The van der Waals surface area contributed by atoms with Crippen molar-refractivity contribution in [3.8, 4) is 0 Å². The maximum Gasteiger partial charge on any atom is 0.407 e. The Balaban J connectivity index is 1.77. The van der Waals surface area contributed by atoms with Crippen LogP contribution in [0, 0.1) is 3.77 Å². The largest absolute Gasteiger partial charge is 0.444 e. The Hall–Kier alpha value is -1.66. The number of aromatic nitrogens is 3. The van der Waals surface area contributed by atoms with Gasteiger partial charge >= 0.3 is 6.09 Å². The first-order valence-electron chi connectivity index (χ1n) is 10.1. The third-order valence-electron chi connectivity index (χ3n) is 4.57. The number of hydrogen-bond donors (Lipinski definition) is 1. The van der Waals surface area contributed by atoms with Crippen LogP contribution in [0.1, 0.15) is 70.6 Å². The minimum atomic E-state index is -0.578. The number of nitrogens with one attached hydrogen (secondary N) is 1. The Morgan fingerprint density at radius 2 is 2.23 bits per heavy atom. The Bertz CT molecular complexity index is 825.